The Morgan fingerprint density at radius 2 is 2.15 bits per heavy atom. The number of carbonyl (C=O) groups excluding carboxylic acids is 2. The number of hydrogen-bond acceptors (Lipinski definition) is 4. The van der Waals surface area contributed by atoms with Gasteiger partial charge in [-0.2, -0.15) is 0 Å². The Hall–Kier alpha value is -1.62. The summed E-state index contributed by atoms with van der Waals surface area (Å²) in [4.78, 5) is 27.5. The molecule has 5 heteroatoms. The van der Waals surface area contributed by atoms with Crippen molar-refractivity contribution in [3.05, 3.63) is 35.9 Å². The predicted molar refractivity (Wildman–Crippen MR) is 81.6 cm³/mol. The molecule has 1 amide bonds. The van der Waals surface area contributed by atoms with Crippen LogP contribution in [0.3, 0.4) is 0 Å². The summed E-state index contributed by atoms with van der Waals surface area (Å²) in [7, 11) is 0. The Balaban J connectivity index is 1.74. The molecule has 0 radical (unpaired) electrons. The lowest BCUT2D eigenvalue weighted by atomic mass is 10.1. The fraction of sp³-hybridized carbons (Fsp3) is 0.400. The highest BCUT2D eigenvalue weighted by Gasteiger charge is 2.19. The molecule has 1 heterocycles. The molecule has 2 rings (SSSR count). The van der Waals surface area contributed by atoms with Gasteiger partial charge in [-0.05, 0) is 37.1 Å². The van der Waals surface area contributed by atoms with Gasteiger partial charge in [-0.1, -0.05) is 30.3 Å². The maximum Gasteiger partial charge on any atom is 0.228 e. The lowest BCUT2D eigenvalue weighted by molar-refractivity contribution is -0.120. The van der Waals surface area contributed by atoms with Crippen LogP contribution >= 0.6 is 11.8 Å². The number of carbonyl (C=O) groups is 2. The number of rotatable bonds is 4. The monoisotopic (exact) mass is 290 g/mol. The topological polar surface area (TPSA) is 58.5 Å². The number of nitrogens with one attached hydrogen (secondary N) is 1. The van der Waals surface area contributed by atoms with E-state index in [1.54, 1.807) is 0 Å². The molecular weight excluding hydrogens is 272 g/mol. The maximum absolute atomic E-state index is 11.8. The number of amides is 1. The molecule has 1 atom stereocenters. The lowest BCUT2D eigenvalue weighted by Gasteiger charge is -2.16. The number of hydrogen-bond donors (Lipinski definition) is 1. The summed E-state index contributed by atoms with van der Waals surface area (Å²) in [5.74, 6) is -0.0629. The van der Waals surface area contributed by atoms with Gasteiger partial charge in [-0.3, -0.25) is 14.6 Å². The van der Waals surface area contributed by atoms with Gasteiger partial charge in [0, 0.05) is 12.8 Å². The minimum atomic E-state index is -0.0629. The van der Waals surface area contributed by atoms with E-state index in [0.717, 1.165) is 24.6 Å². The third-order valence-corrected chi connectivity index (χ3v) is 3.80. The van der Waals surface area contributed by atoms with Gasteiger partial charge in [0.25, 0.3) is 0 Å². The number of aryl methyl sites for hydroxylation is 1. The number of benzene rings is 1. The quantitative estimate of drug-likeness (QED) is 0.927. The third-order valence-electron chi connectivity index (χ3n) is 2.96. The van der Waals surface area contributed by atoms with E-state index in [4.69, 9.17) is 0 Å². The zero-order valence-corrected chi connectivity index (χ0v) is 12.3. The van der Waals surface area contributed by atoms with Crippen LogP contribution in [-0.4, -0.2) is 22.2 Å². The predicted octanol–water partition coefficient (Wildman–Crippen LogP) is 2.53. The number of nitrogens with zero attached hydrogens (tertiary/aromatic N) is 1. The summed E-state index contributed by atoms with van der Waals surface area (Å²) < 4.78 is 0. The van der Waals surface area contributed by atoms with Crippen molar-refractivity contribution in [2.24, 2.45) is 4.99 Å². The summed E-state index contributed by atoms with van der Waals surface area (Å²) in [6.45, 7) is 1.87. The molecule has 0 saturated heterocycles. The van der Waals surface area contributed by atoms with Crippen molar-refractivity contribution < 1.29 is 9.59 Å². The first kappa shape index (κ1) is 14.8. The van der Waals surface area contributed by atoms with Gasteiger partial charge < -0.3 is 5.32 Å². The first-order valence-corrected chi connectivity index (χ1v) is 7.57. The number of amidine groups is 1. The van der Waals surface area contributed by atoms with Crippen molar-refractivity contribution >= 4 is 28.0 Å². The smallest absolute Gasteiger partial charge is 0.228 e. The molecule has 106 valence electrons. The average Bonchev–Trinajstić information content (AvgIpc) is 2.38. The Bertz CT molecular complexity index is 514. The Morgan fingerprint density at radius 3 is 2.85 bits per heavy atom. The van der Waals surface area contributed by atoms with Gasteiger partial charge in [0.1, 0.15) is 0 Å². The molecule has 1 unspecified atom stereocenters. The van der Waals surface area contributed by atoms with Crippen molar-refractivity contribution in [2.45, 2.75) is 38.6 Å². The minimum Gasteiger partial charge on any atom is -0.305 e. The van der Waals surface area contributed by atoms with E-state index >= 15 is 0 Å². The van der Waals surface area contributed by atoms with Crippen LogP contribution in [0.2, 0.25) is 0 Å². The van der Waals surface area contributed by atoms with Crippen LogP contribution in [0.4, 0.5) is 0 Å². The van der Waals surface area contributed by atoms with Gasteiger partial charge in [-0.15, -0.1) is 0 Å². The summed E-state index contributed by atoms with van der Waals surface area (Å²) >= 11 is 1.04. The molecule has 0 fully saturated rings. The molecule has 0 spiro atoms. The van der Waals surface area contributed by atoms with Crippen LogP contribution in [-0.2, 0) is 16.0 Å². The van der Waals surface area contributed by atoms with Gasteiger partial charge in [-0.25, -0.2) is 0 Å². The van der Waals surface area contributed by atoms with Crippen molar-refractivity contribution in [3.63, 3.8) is 0 Å². The first-order valence-electron chi connectivity index (χ1n) is 6.76. The van der Waals surface area contributed by atoms with E-state index in [0.29, 0.717) is 18.0 Å². The zero-order chi connectivity index (χ0) is 14.4. The van der Waals surface area contributed by atoms with Crippen LogP contribution < -0.4 is 5.32 Å². The van der Waals surface area contributed by atoms with Gasteiger partial charge in [0.05, 0.1) is 6.04 Å². The molecule has 1 aromatic carbocycles. The van der Waals surface area contributed by atoms with Gasteiger partial charge in [0.15, 0.2) is 10.3 Å². The van der Waals surface area contributed by atoms with Crippen molar-refractivity contribution in [1.29, 1.82) is 0 Å². The van der Waals surface area contributed by atoms with E-state index < -0.39 is 0 Å². The van der Waals surface area contributed by atoms with E-state index in [1.807, 2.05) is 25.1 Å². The van der Waals surface area contributed by atoms with Crippen LogP contribution in [0.25, 0.3) is 0 Å². The summed E-state index contributed by atoms with van der Waals surface area (Å²) in [6, 6.07) is 10.1. The standard InChI is InChI=1S/C15H18N2O2S/c1-11-10-13(18)17-15(16-11)20-14(19)9-5-8-12-6-3-2-4-7-12/h2-4,6-7,11H,5,8-10H2,1H3,(H,16,17,18). The number of aliphatic imine (C=N–C) groups is 1. The second kappa shape index (κ2) is 7.24. The van der Waals surface area contributed by atoms with Gasteiger partial charge >= 0.3 is 0 Å². The second-order valence-electron chi connectivity index (χ2n) is 4.85. The SMILES string of the molecule is CC1CC(=O)NC(SC(=O)CCCc2ccccc2)=N1. The highest BCUT2D eigenvalue weighted by molar-refractivity contribution is 8.26. The van der Waals surface area contributed by atoms with Crippen LogP contribution in [0, 0.1) is 0 Å². The molecule has 1 N–H and O–H groups in total. The highest BCUT2D eigenvalue weighted by atomic mass is 32.2. The Labute approximate surface area is 123 Å². The lowest BCUT2D eigenvalue weighted by Crippen LogP contribution is -2.36. The van der Waals surface area contributed by atoms with Crippen molar-refractivity contribution in [2.75, 3.05) is 0 Å². The van der Waals surface area contributed by atoms with Crippen LogP contribution in [0.15, 0.2) is 35.3 Å². The fourth-order valence-corrected chi connectivity index (χ4v) is 2.87. The molecule has 0 aromatic heterocycles. The molecule has 0 aliphatic carbocycles. The van der Waals surface area contributed by atoms with Crippen LogP contribution in [0.5, 0.6) is 0 Å². The summed E-state index contributed by atoms with van der Waals surface area (Å²) in [5.41, 5.74) is 1.24. The fourth-order valence-electron chi connectivity index (χ4n) is 2.01. The molecule has 1 aliphatic rings. The molecular formula is C15H18N2O2S. The van der Waals surface area contributed by atoms with E-state index in [9.17, 15) is 9.59 Å². The zero-order valence-electron chi connectivity index (χ0n) is 11.5. The first-order chi connectivity index (χ1) is 9.63. The number of thioether (sulfide) groups is 1. The summed E-state index contributed by atoms with van der Waals surface area (Å²) in [6.07, 6.45) is 2.59. The molecule has 0 bridgehead atoms. The van der Waals surface area contributed by atoms with E-state index in [2.05, 4.69) is 22.4 Å². The normalized spacial score (nSPS) is 18.4. The maximum atomic E-state index is 11.8. The summed E-state index contributed by atoms with van der Waals surface area (Å²) in [5, 5.41) is 3.13. The molecule has 4 nitrogen and oxygen atoms in total. The molecule has 0 saturated carbocycles. The van der Waals surface area contributed by atoms with Crippen molar-refractivity contribution in [1.82, 2.24) is 5.32 Å². The van der Waals surface area contributed by atoms with Gasteiger partial charge in [0.2, 0.25) is 5.91 Å². The van der Waals surface area contributed by atoms with E-state index in [1.165, 1.54) is 5.56 Å². The average molecular weight is 290 g/mol. The second-order valence-corrected chi connectivity index (χ2v) is 5.89. The molecule has 20 heavy (non-hydrogen) atoms. The third kappa shape index (κ3) is 4.81. The Kier molecular flexibility index (Phi) is 5.35. The van der Waals surface area contributed by atoms with E-state index in [-0.39, 0.29) is 17.1 Å². The van der Waals surface area contributed by atoms with Crippen molar-refractivity contribution in [3.8, 4) is 0 Å². The highest BCUT2D eigenvalue weighted by Crippen LogP contribution is 2.15. The van der Waals surface area contributed by atoms with Crippen LogP contribution in [0.1, 0.15) is 31.7 Å². The molecule has 1 aliphatic heterocycles. The Morgan fingerprint density at radius 1 is 1.40 bits per heavy atom. The molecule has 1 aromatic rings. The largest absolute Gasteiger partial charge is 0.305 e. The minimum absolute atomic E-state index is 0.0385.